The fourth-order valence-corrected chi connectivity index (χ4v) is 2.18. The zero-order chi connectivity index (χ0) is 13.0. The van der Waals surface area contributed by atoms with Crippen molar-refractivity contribution in [2.24, 2.45) is 5.73 Å². The number of rotatable bonds is 5. The Balaban J connectivity index is 3.15. The molecule has 94 valence electrons. The van der Waals surface area contributed by atoms with Gasteiger partial charge in [0.1, 0.15) is 4.99 Å². The molecule has 0 aliphatic carbocycles. The van der Waals surface area contributed by atoms with Gasteiger partial charge in [-0.3, -0.25) is 4.98 Å². The van der Waals surface area contributed by atoms with Crippen LogP contribution >= 0.6 is 12.2 Å². The summed E-state index contributed by atoms with van der Waals surface area (Å²) in [7, 11) is 2.08. The summed E-state index contributed by atoms with van der Waals surface area (Å²) in [5, 5.41) is 0. The van der Waals surface area contributed by atoms with Crippen LogP contribution < -0.4 is 10.6 Å². The van der Waals surface area contributed by atoms with Crippen molar-refractivity contribution < 1.29 is 0 Å². The standard InChI is InChI=1S/C13H21N3S/c1-5-6-7-16(4)11-8-9(2)15-10(3)12(11)13(14)17/h8H,5-7H2,1-4H3,(H2,14,17). The van der Waals surface area contributed by atoms with Gasteiger partial charge in [-0.2, -0.15) is 0 Å². The maximum atomic E-state index is 5.80. The molecule has 3 nitrogen and oxygen atoms in total. The van der Waals surface area contributed by atoms with Gasteiger partial charge in [-0.05, 0) is 26.3 Å². The minimum atomic E-state index is 0.424. The lowest BCUT2D eigenvalue weighted by Crippen LogP contribution is -2.24. The van der Waals surface area contributed by atoms with Crippen LogP contribution in [0.1, 0.15) is 36.7 Å². The molecule has 1 rings (SSSR count). The first-order valence-electron chi connectivity index (χ1n) is 5.96. The number of unbranched alkanes of at least 4 members (excludes halogenated alkanes) is 1. The summed E-state index contributed by atoms with van der Waals surface area (Å²) >= 11 is 5.12. The summed E-state index contributed by atoms with van der Waals surface area (Å²) in [5.74, 6) is 0. The van der Waals surface area contributed by atoms with Crippen molar-refractivity contribution in [2.75, 3.05) is 18.5 Å². The molecule has 0 amide bonds. The van der Waals surface area contributed by atoms with Gasteiger partial charge in [-0.25, -0.2) is 0 Å². The average molecular weight is 251 g/mol. The molecule has 0 saturated carbocycles. The zero-order valence-electron chi connectivity index (χ0n) is 11.1. The summed E-state index contributed by atoms with van der Waals surface area (Å²) in [6.07, 6.45) is 2.34. The van der Waals surface area contributed by atoms with Crippen molar-refractivity contribution in [1.82, 2.24) is 4.98 Å². The molecule has 2 N–H and O–H groups in total. The molecule has 1 aromatic heterocycles. The molecule has 0 aliphatic rings. The van der Waals surface area contributed by atoms with Gasteiger partial charge in [0.15, 0.2) is 0 Å². The minimum Gasteiger partial charge on any atom is -0.389 e. The lowest BCUT2D eigenvalue weighted by atomic mass is 10.1. The molecular weight excluding hydrogens is 230 g/mol. The molecule has 0 fully saturated rings. The molecule has 1 aromatic rings. The highest BCUT2D eigenvalue weighted by Crippen LogP contribution is 2.23. The Morgan fingerprint density at radius 1 is 1.47 bits per heavy atom. The number of thiocarbonyl (C=S) groups is 1. The van der Waals surface area contributed by atoms with E-state index in [1.165, 1.54) is 6.42 Å². The topological polar surface area (TPSA) is 42.2 Å². The zero-order valence-corrected chi connectivity index (χ0v) is 11.9. The van der Waals surface area contributed by atoms with E-state index in [9.17, 15) is 0 Å². The fourth-order valence-electron chi connectivity index (χ4n) is 1.93. The predicted octanol–water partition coefficient (Wildman–Crippen LogP) is 2.57. The average Bonchev–Trinajstić information content (AvgIpc) is 2.23. The molecule has 0 aromatic carbocycles. The highest BCUT2D eigenvalue weighted by molar-refractivity contribution is 7.80. The Morgan fingerprint density at radius 2 is 2.12 bits per heavy atom. The van der Waals surface area contributed by atoms with E-state index in [1.54, 1.807) is 0 Å². The second-order valence-electron chi connectivity index (χ2n) is 4.38. The summed E-state index contributed by atoms with van der Waals surface area (Å²) in [6.45, 7) is 7.15. The van der Waals surface area contributed by atoms with Crippen molar-refractivity contribution in [3.63, 3.8) is 0 Å². The number of pyridine rings is 1. The van der Waals surface area contributed by atoms with Crippen LogP contribution in [0.2, 0.25) is 0 Å². The molecule has 0 bridgehead atoms. The Hall–Kier alpha value is -1.16. The molecule has 17 heavy (non-hydrogen) atoms. The first-order chi connectivity index (χ1) is 7.97. The van der Waals surface area contributed by atoms with Crippen LogP contribution in [0.25, 0.3) is 0 Å². The van der Waals surface area contributed by atoms with Crippen molar-refractivity contribution in [2.45, 2.75) is 33.6 Å². The number of nitrogens with two attached hydrogens (primary N) is 1. The van der Waals surface area contributed by atoms with Gasteiger partial charge >= 0.3 is 0 Å². The quantitative estimate of drug-likeness (QED) is 0.817. The molecule has 0 atom stereocenters. The van der Waals surface area contributed by atoms with Crippen LogP contribution in [0.3, 0.4) is 0 Å². The smallest absolute Gasteiger partial charge is 0.107 e. The molecule has 0 aliphatic heterocycles. The highest BCUT2D eigenvalue weighted by Gasteiger charge is 2.14. The third-order valence-corrected chi connectivity index (χ3v) is 3.02. The molecule has 0 radical (unpaired) electrons. The maximum Gasteiger partial charge on any atom is 0.107 e. The molecule has 1 heterocycles. The van der Waals surface area contributed by atoms with E-state index >= 15 is 0 Å². The summed E-state index contributed by atoms with van der Waals surface area (Å²) in [6, 6.07) is 2.05. The summed E-state index contributed by atoms with van der Waals surface area (Å²) < 4.78 is 0. The van der Waals surface area contributed by atoms with Crippen LogP contribution in [0.15, 0.2) is 6.07 Å². The van der Waals surface area contributed by atoms with Crippen LogP contribution in [0.5, 0.6) is 0 Å². The maximum absolute atomic E-state index is 5.80. The molecule has 0 saturated heterocycles. The first kappa shape index (κ1) is 13.9. The number of hydrogen-bond donors (Lipinski definition) is 1. The van der Waals surface area contributed by atoms with Gasteiger partial charge in [0, 0.05) is 25.0 Å². The van der Waals surface area contributed by atoms with Gasteiger partial charge in [-0.15, -0.1) is 0 Å². The van der Waals surface area contributed by atoms with E-state index < -0.39 is 0 Å². The van der Waals surface area contributed by atoms with E-state index in [-0.39, 0.29) is 0 Å². The first-order valence-corrected chi connectivity index (χ1v) is 6.37. The molecule has 4 heteroatoms. The lowest BCUT2D eigenvalue weighted by Gasteiger charge is -2.23. The Bertz CT molecular complexity index is 415. The van der Waals surface area contributed by atoms with Crippen LogP contribution in [-0.4, -0.2) is 23.6 Å². The second-order valence-corrected chi connectivity index (χ2v) is 4.82. The van der Waals surface area contributed by atoms with E-state index in [2.05, 4.69) is 29.9 Å². The largest absolute Gasteiger partial charge is 0.389 e. The normalized spacial score (nSPS) is 10.4. The Kier molecular flexibility index (Phi) is 4.87. The van der Waals surface area contributed by atoms with Crippen LogP contribution in [-0.2, 0) is 0 Å². The summed E-state index contributed by atoms with van der Waals surface area (Å²) in [4.78, 5) is 7.06. The van der Waals surface area contributed by atoms with Gasteiger partial charge in [0.2, 0.25) is 0 Å². The van der Waals surface area contributed by atoms with Gasteiger partial charge in [-0.1, -0.05) is 25.6 Å². The van der Waals surface area contributed by atoms with Crippen molar-refractivity contribution >= 4 is 22.9 Å². The highest BCUT2D eigenvalue weighted by atomic mass is 32.1. The van der Waals surface area contributed by atoms with E-state index in [0.29, 0.717) is 4.99 Å². The monoisotopic (exact) mass is 251 g/mol. The van der Waals surface area contributed by atoms with E-state index in [4.69, 9.17) is 18.0 Å². The minimum absolute atomic E-state index is 0.424. The van der Waals surface area contributed by atoms with Gasteiger partial charge in [0.05, 0.1) is 11.3 Å². The second kappa shape index (κ2) is 5.96. The predicted molar refractivity (Wildman–Crippen MR) is 77.8 cm³/mol. The Labute approximate surface area is 109 Å². The summed E-state index contributed by atoms with van der Waals surface area (Å²) in [5.41, 5.74) is 9.71. The number of anilines is 1. The number of aryl methyl sites for hydroxylation is 2. The third kappa shape index (κ3) is 3.40. The van der Waals surface area contributed by atoms with Crippen molar-refractivity contribution in [3.8, 4) is 0 Å². The molecule has 0 unspecified atom stereocenters. The van der Waals surface area contributed by atoms with E-state index in [1.807, 2.05) is 13.8 Å². The van der Waals surface area contributed by atoms with Crippen LogP contribution in [0, 0.1) is 13.8 Å². The van der Waals surface area contributed by atoms with Crippen molar-refractivity contribution in [3.05, 3.63) is 23.0 Å². The van der Waals surface area contributed by atoms with E-state index in [0.717, 1.165) is 35.6 Å². The van der Waals surface area contributed by atoms with Crippen LogP contribution in [0.4, 0.5) is 5.69 Å². The lowest BCUT2D eigenvalue weighted by molar-refractivity contribution is 0.765. The van der Waals surface area contributed by atoms with Gasteiger partial charge < -0.3 is 10.6 Å². The SMILES string of the molecule is CCCCN(C)c1cc(C)nc(C)c1C(N)=S. The molecule has 0 spiro atoms. The van der Waals surface area contributed by atoms with Gasteiger partial charge in [0.25, 0.3) is 0 Å². The number of hydrogen-bond acceptors (Lipinski definition) is 3. The Morgan fingerprint density at radius 3 is 2.65 bits per heavy atom. The molecular formula is C13H21N3S. The third-order valence-electron chi connectivity index (χ3n) is 2.81. The number of aromatic nitrogens is 1. The fraction of sp³-hybridized carbons (Fsp3) is 0.538. The number of nitrogens with zero attached hydrogens (tertiary/aromatic N) is 2. The van der Waals surface area contributed by atoms with Crippen molar-refractivity contribution in [1.29, 1.82) is 0 Å².